The molecular formula is C13H16N2O7. The van der Waals surface area contributed by atoms with Crippen LogP contribution in [0.25, 0.3) is 0 Å². The summed E-state index contributed by atoms with van der Waals surface area (Å²) in [6.45, 7) is 0.848. The van der Waals surface area contributed by atoms with Crippen LogP contribution in [-0.2, 0) is 15.3 Å². The van der Waals surface area contributed by atoms with E-state index in [1.165, 1.54) is 12.9 Å². The minimum absolute atomic E-state index is 0.173. The summed E-state index contributed by atoms with van der Waals surface area (Å²) in [5.41, 5.74) is -3.13. The van der Waals surface area contributed by atoms with Gasteiger partial charge in [-0.2, -0.15) is 0 Å². The van der Waals surface area contributed by atoms with E-state index in [-0.39, 0.29) is 12.0 Å². The molecule has 120 valence electrons. The SMILES string of the molecule is Cc1cn([C@]2(CC=C=O)O[C@H](CO)[C@@H](O)[C@H]2O)c(=O)[nH]c1=O. The maximum Gasteiger partial charge on any atom is 0.330 e. The molecule has 1 aliphatic heterocycles. The first-order chi connectivity index (χ1) is 10.4. The maximum absolute atomic E-state index is 12.1. The van der Waals surface area contributed by atoms with Crippen molar-refractivity contribution >= 4 is 5.94 Å². The van der Waals surface area contributed by atoms with E-state index < -0.39 is 41.9 Å². The Bertz CT molecular complexity index is 718. The number of rotatable bonds is 4. The Kier molecular flexibility index (Phi) is 4.45. The minimum Gasteiger partial charge on any atom is -0.394 e. The summed E-state index contributed by atoms with van der Waals surface area (Å²) in [6, 6.07) is 0. The van der Waals surface area contributed by atoms with Crippen molar-refractivity contribution in [2.45, 2.75) is 37.4 Å². The van der Waals surface area contributed by atoms with Gasteiger partial charge < -0.3 is 20.1 Å². The van der Waals surface area contributed by atoms with E-state index >= 15 is 0 Å². The van der Waals surface area contributed by atoms with Gasteiger partial charge in [-0.1, -0.05) is 0 Å². The number of aliphatic hydroxyl groups excluding tert-OH is 3. The number of hydrogen-bond acceptors (Lipinski definition) is 7. The Morgan fingerprint density at radius 1 is 1.50 bits per heavy atom. The van der Waals surface area contributed by atoms with Gasteiger partial charge in [0.25, 0.3) is 5.56 Å². The molecule has 9 nitrogen and oxygen atoms in total. The van der Waals surface area contributed by atoms with Gasteiger partial charge in [-0.3, -0.25) is 14.3 Å². The normalized spacial score (nSPS) is 31.0. The lowest BCUT2D eigenvalue weighted by atomic mass is 9.99. The first kappa shape index (κ1) is 16.3. The van der Waals surface area contributed by atoms with Crippen molar-refractivity contribution in [2.75, 3.05) is 6.61 Å². The highest BCUT2D eigenvalue weighted by molar-refractivity contribution is 5.45. The summed E-state index contributed by atoms with van der Waals surface area (Å²) in [4.78, 5) is 36.1. The molecule has 0 aromatic carbocycles. The molecule has 0 aliphatic carbocycles. The second-order valence-corrected chi connectivity index (χ2v) is 5.09. The first-order valence-electron chi connectivity index (χ1n) is 6.54. The predicted molar refractivity (Wildman–Crippen MR) is 72.9 cm³/mol. The zero-order chi connectivity index (χ0) is 16.5. The lowest BCUT2D eigenvalue weighted by Gasteiger charge is -2.32. The van der Waals surface area contributed by atoms with E-state index in [0.717, 1.165) is 16.8 Å². The lowest BCUT2D eigenvalue weighted by molar-refractivity contribution is -0.148. The molecule has 0 saturated carbocycles. The van der Waals surface area contributed by atoms with Crippen LogP contribution < -0.4 is 11.2 Å². The van der Waals surface area contributed by atoms with E-state index in [0.29, 0.717) is 0 Å². The van der Waals surface area contributed by atoms with Crippen LogP contribution in [0, 0.1) is 6.92 Å². The van der Waals surface area contributed by atoms with Crippen molar-refractivity contribution in [3.63, 3.8) is 0 Å². The molecule has 0 bridgehead atoms. The number of H-pyrrole nitrogens is 1. The summed E-state index contributed by atoms with van der Waals surface area (Å²) in [6.07, 6.45) is -2.34. The zero-order valence-electron chi connectivity index (χ0n) is 11.7. The average molecular weight is 312 g/mol. The molecule has 0 radical (unpaired) electrons. The van der Waals surface area contributed by atoms with Crippen molar-refractivity contribution in [1.29, 1.82) is 0 Å². The van der Waals surface area contributed by atoms with E-state index in [9.17, 15) is 29.7 Å². The molecule has 4 atom stereocenters. The van der Waals surface area contributed by atoms with Crippen molar-refractivity contribution in [3.05, 3.63) is 38.7 Å². The summed E-state index contributed by atoms with van der Waals surface area (Å²) in [5, 5.41) is 29.4. The van der Waals surface area contributed by atoms with Gasteiger partial charge in [0.2, 0.25) is 0 Å². The van der Waals surface area contributed by atoms with E-state index in [2.05, 4.69) is 4.98 Å². The molecule has 1 aromatic heterocycles. The van der Waals surface area contributed by atoms with Crippen LogP contribution in [0.5, 0.6) is 0 Å². The molecule has 1 aromatic rings. The summed E-state index contributed by atoms with van der Waals surface area (Å²) < 4.78 is 6.37. The Morgan fingerprint density at radius 3 is 2.73 bits per heavy atom. The van der Waals surface area contributed by atoms with Gasteiger partial charge >= 0.3 is 5.69 Å². The number of aryl methyl sites for hydroxylation is 1. The molecule has 1 aliphatic rings. The molecule has 22 heavy (non-hydrogen) atoms. The smallest absolute Gasteiger partial charge is 0.330 e. The summed E-state index contributed by atoms with van der Waals surface area (Å²) in [5.74, 6) is 1.51. The van der Waals surface area contributed by atoms with Gasteiger partial charge in [0.1, 0.15) is 24.3 Å². The van der Waals surface area contributed by atoms with E-state index in [4.69, 9.17) is 4.74 Å². The van der Waals surface area contributed by atoms with Crippen molar-refractivity contribution < 1.29 is 24.9 Å². The van der Waals surface area contributed by atoms with Crippen molar-refractivity contribution in [1.82, 2.24) is 9.55 Å². The van der Waals surface area contributed by atoms with Crippen LogP contribution in [0.4, 0.5) is 0 Å². The molecule has 2 rings (SSSR count). The van der Waals surface area contributed by atoms with Crippen molar-refractivity contribution in [2.24, 2.45) is 0 Å². The third kappa shape index (κ3) is 2.45. The summed E-state index contributed by atoms with van der Waals surface area (Å²) in [7, 11) is 0. The minimum atomic E-state index is -1.82. The predicted octanol–water partition coefficient (Wildman–Crippen LogP) is -2.61. The van der Waals surface area contributed by atoms with Crippen LogP contribution in [-0.4, -0.2) is 55.7 Å². The Hall–Kier alpha value is -2.03. The quantitative estimate of drug-likeness (QED) is 0.446. The molecular weight excluding hydrogens is 296 g/mol. The van der Waals surface area contributed by atoms with E-state index in [1.54, 1.807) is 0 Å². The topological polar surface area (TPSA) is 142 Å². The molecule has 1 fully saturated rings. The maximum atomic E-state index is 12.1. The average Bonchev–Trinajstić information content (AvgIpc) is 2.74. The molecule has 4 N–H and O–H groups in total. The van der Waals surface area contributed by atoms with Crippen LogP contribution >= 0.6 is 0 Å². The van der Waals surface area contributed by atoms with Gasteiger partial charge in [-0.25, -0.2) is 9.59 Å². The van der Waals surface area contributed by atoms with Crippen LogP contribution in [0.15, 0.2) is 21.9 Å². The van der Waals surface area contributed by atoms with Gasteiger partial charge in [0.05, 0.1) is 6.61 Å². The third-order valence-corrected chi connectivity index (χ3v) is 3.71. The molecule has 2 heterocycles. The van der Waals surface area contributed by atoms with Gasteiger partial charge in [-0.15, -0.1) is 0 Å². The molecule has 9 heteroatoms. The van der Waals surface area contributed by atoms with Crippen LogP contribution in [0.1, 0.15) is 12.0 Å². The van der Waals surface area contributed by atoms with Crippen molar-refractivity contribution in [3.8, 4) is 0 Å². The van der Waals surface area contributed by atoms with Crippen LogP contribution in [0.2, 0.25) is 0 Å². The van der Waals surface area contributed by atoms with Gasteiger partial charge in [0, 0.05) is 24.3 Å². The lowest BCUT2D eigenvalue weighted by Crippen LogP contribution is -2.51. The number of nitrogens with one attached hydrogen (secondary N) is 1. The second-order valence-electron chi connectivity index (χ2n) is 5.09. The number of hydrogen-bond donors (Lipinski definition) is 4. The number of nitrogens with zero attached hydrogens (tertiary/aromatic N) is 1. The highest BCUT2D eigenvalue weighted by atomic mass is 16.6. The second kappa shape index (κ2) is 5.99. The fourth-order valence-corrected chi connectivity index (χ4v) is 2.52. The first-order valence-corrected chi connectivity index (χ1v) is 6.54. The molecule has 0 unspecified atom stereocenters. The number of ether oxygens (including phenoxy) is 1. The fraction of sp³-hybridized carbons (Fsp3) is 0.538. The largest absolute Gasteiger partial charge is 0.394 e. The van der Waals surface area contributed by atoms with E-state index in [1.807, 2.05) is 0 Å². The molecule has 0 spiro atoms. The van der Waals surface area contributed by atoms with Crippen LogP contribution in [0.3, 0.4) is 0 Å². The van der Waals surface area contributed by atoms with Gasteiger partial charge in [-0.05, 0) is 6.92 Å². The Labute approximate surface area is 124 Å². The Morgan fingerprint density at radius 2 is 2.18 bits per heavy atom. The highest BCUT2D eigenvalue weighted by Gasteiger charge is 2.55. The summed E-state index contributed by atoms with van der Waals surface area (Å²) >= 11 is 0. The molecule has 0 amide bonds. The number of aromatic nitrogens is 2. The van der Waals surface area contributed by atoms with Gasteiger partial charge in [0.15, 0.2) is 5.72 Å². The fourth-order valence-electron chi connectivity index (χ4n) is 2.52. The standard InChI is InChI=1S/C13H16N2O7/c1-7-5-15(12(21)14-11(7)20)13(3-2-4-16)10(19)9(18)8(6-17)22-13/h2,5,8-10,17-19H,3,6H2,1H3,(H,14,20,21)/t8-,9-,10-,13-/m1/s1. The monoisotopic (exact) mass is 312 g/mol. The molecule has 1 saturated heterocycles. The Balaban J connectivity index is 2.66. The number of aliphatic hydroxyl groups is 3. The highest BCUT2D eigenvalue weighted by Crippen LogP contribution is 2.37. The third-order valence-electron chi connectivity index (χ3n) is 3.71. The number of aromatic amines is 1. The zero-order valence-corrected chi connectivity index (χ0v) is 11.7. The number of carbonyl (C=O) groups excluding carboxylic acids is 1.